The number of amides is 1. The molecule has 0 spiro atoms. The van der Waals surface area contributed by atoms with Gasteiger partial charge >= 0.3 is 0 Å². The summed E-state index contributed by atoms with van der Waals surface area (Å²) in [6, 6.07) is 4.41. The molecule has 1 aromatic heterocycles. The Labute approximate surface area is 167 Å². The molecule has 7 nitrogen and oxygen atoms in total. The predicted octanol–water partition coefficient (Wildman–Crippen LogP) is 3.18. The molecule has 1 aromatic carbocycles. The molecule has 2 heterocycles. The summed E-state index contributed by atoms with van der Waals surface area (Å²) >= 11 is 1.45. The van der Waals surface area contributed by atoms with E-state index in [0.717, 1.165) is 0 Å². The molecule has 1 amide bonds. The van der Waals surface area contributed by atoms with E-state index >= 15 is 0 Å². The molecular formula is C19H22FN5O2S. The lowest BCUT2D eigenvalue weighted by Crippen LogP contribution is -2.45. The molecule has 1 aliphatic rings. The number of rotatable bonds is 4. The SMILES string of the molecule is COc1cnc(C(=O)Nc2ccc(F)c([C@@]3(C)N=C(N)SCC3(C)C)c2)cn1. The van der Waals surface area contributed by atoms with Crippen LogP contribution in [0.15, 0.2) is 35.6 Å². The van der Waals surface area contributed by atoms with E-state index in [1.807, 2.05) is 20.8 Å². The molecule has 1 atom stereocenters. The lowest BCUT2D eigenvalue weighted by Gasteiger charge is -2.44. The lowest BCUT2D eigenvalue weighted by molar-refractivity contribution is 0.102. The maximum Gasteiger partial charge on any atom is 0.275 e. The van der Waals surface area contributed by atoms with E-state index in [0.29, 0.717) is 28.1 Å². The van der Waals surface area contributed by atoms with Crippen LogP contribution in [0.3, 0.4) is 0 Å². The first-order valence-electron chi connectivity index (χ1n) is 8.62. The fraction of sp³-hybridized carbons (Fsp3) is 0.368. The molecule has 0 saturated heterocycles. The normalized spacial score (nSPS) is 21.0. The van der Waals surface area contributed by atoms with E-state index in [2.05, 4.69) is 20.3 Å². The third kappa shape index (κ3) is 3.66. The van der Waals surface area contributed by atoms with Crippen LogP contribution in [0.1, 0.15) is 36.8 Å². The average Bonchev–Trinajstić information content (AvgIpc) is 2.66. The van der Waals surface area contributed by atoms with Crippen LogP contribution in [0.5, 0.6) is 5.88 Å². The summed E-state index contributed by atoms with van der Waals surface area (Å²) < 4.78 is 19.7. The number of nitrogens with zero attached hydrogens (tertiary/aromatic N) is 3. The van der Waals surface area contributed by atoms with Crippen molar-refractivity contribution in [1.29, 1.82) is 0 Å². The van der Waals surface area contributed by atoms with Crippen molar-refractivity contribution in [2.45, 2.75) is 26.3 Å². The first-order chi connectivity index (χ1) is 13.2. The van der Waals surface area contributed by atoms with Crippen molar-refractivity contribution in [3.05, 3.63) is 47.7 Å². The minimum atomic E-state index is -0.868. The number of anilines is 1. The summed E-state index contributed by atoms with van der Waals surface area (Å²) in [4.78, 5) is 25.0. The van der Waals surface area contributed by atoms with Gasteiger partial charge in [-0.1, -0.05) is 25.6 Å². The molecule has 0 unspecified atom stereocenters. The number of carbonyl (C=O) groups is 1. The Morgan fingerprint density at radius 3 is 2.68 bits per heavy atom. The van der Waals surface area contributed by atoms with Crippen molar-refractivity contribution in [2.75, 3.05) is 18.2 Å². The highest BCUT2D eigenvalue weighted by Crippen LogP contribution is 2.49. The molecule has 0 aliphatic carbocycles. The highest BCUT2D eigenvalue weighted by atomic mass is 32.2. The Bertz CT molecular complexity index is 932. The van der Waals surface area contributed by atoms with Gasteiger partial charge in [0.05, 0.1) is 25.0 Å². The van der Waals surface area contributed by atoms with Crippen LogP contribution in [0.2, 0.25) is 0 Å². The van der Waals surface area contributed by atoms with Crippen molar-refractivity contribution in [3.63, 3.8) is 0 Å². The number of methoxy groups -OCH3 is 1. The Balaban J connectivity index is 1.93. The maximum atomic E-state index is 14.7. The quantitative estimate of drug-likeness (QED) is 0.813. The summed E-state index contributed by atoms with van der Waals surface area (Å²) in [5.41, 5.74) is 5.65. The van der Waals surface area contributed by atoms with Gasteiger partial charge in [-0.25, -0.2) is 14.4 Å². The van der Waals surface area contributed by atoms with Crippen molar-refractivity contribution in [2.24, 2.45) is 16.1 Å². The summed E-state index contributed by atoms with van der Waals surface area (Å²) in [7, 11) is 1.46. The number of carbonyl (C=O) groups excluding carboxylic acids is 1. The number of nitrogens with two attached hydrogens (primary N) is 1. The number of amidine groups is 1. The van der Waals surface area contributed by atoms with Gasteiger partial charge in [0.25, 0.3) is 5.91 Å². The van der Waals surface area contributed by atoms with Crippen LogP contribution in [0.25, 0.3) is 0 Å². The van der Waals surface area contributed by atoms with Crippen molar-refractivity contribution < 1.29 is 13.9 Å². The molecular weight excluding hydrogens is 381 g/mol. The molecule has 0 fully saturated rings. The van der Waals surface area contributed by atoms with Crippen molar-refractivity contribution in [3.8, 4) is 5.88 Å². The Morgan fingerprint density at radius 1 is 1.29 bits per heavy atom. The van der Waals surface area contributed by atoms with Crippen LogP contribution in [0, 0.1) is 11.2 Å². The summed E-state index contributed by atoms with van der Waals surface area (Å²) in [6.45, 7) is 5.90. The molecule has 3 rings (SSSR count). The Hall–Kier alpha value is -2.68. The lowest BCUT2D eigenvalue weighted by atomic mass is 9.70. The number of aliphatic imine (C=N–C) groups is 1. The first kappa shape index (κ1) is 20.1. The van der Waals surface area contributed by atoms with Crippen LogP contribution >= 0.6 is 11.8 Å². The van der Waals surface area contributed by atoms with E-state index in [1.54, 1.807) is 6.07 Å². The van der Waals surface area contributed by atoms with Crippen molar-refractivity contribution >= 4 is 28.5 Å². The predicted molar refractivity (Wildman–Crippen MR) is 108 cm³/mol. The van der Waals surface area contributed by atoms with Gasteiger partial charge < -0.3 is 15.8 Å². The van der Waals surface area contributed by atoms with Gasteiger partial charge in [0, 0.05) is 22.4 Å². The van der Waals surface area contributed by atoms with Crippen LogP contribution in [0.4, 0.5) is 10.1 Å². The van der Waals surface area contributed by atoms with Gasteiger partial charge in [-0.05, 0) is 25.1 Å². The molecule has 28 heavy (non-hydrogen) atoms. The molecule has 9 heteroatoms. The van der Waals surface area contributed by atoms with E-state index in [-0.39, 0.29) is 11.1 Å². The maximum absolute atomic E-state index is 14.7. The van der Waals surface area contributed by atoms with Crippen LogP contribution < -0.4 is 15.8 Å². The first-order valence-corrected chi connectivity index (χ1v) is 9.60. The molecule has 0 bridgehead atoms. The molecule has 0 radical (unpaired) electrons. The second-order valence-corrected chi connectivity index (χ2v) is 8.28. The summed E-state index contributed by atoms with van der Waals surface area (Å²) in [5.74, 6) is 0.151. The standard InChI is InChI=1S/C19H22FN5O2S/c1-18(2)10-28-17(21)25-19(18,3)12-7-11(5-6-13(12)20)24-16(26)14-8-23-15(27-4)9-22-14/h5-9H,10H2,1-4H3,(H2,21,25)(H,24,26)/t19-/m1/s1. The third-order valence-corrected chi connectivity index (χ3v) is 6.30. The van der Waals surface area contributed by atoms with Gasteiger partial charge in [0.2, 0.25) is 5.88 Å². The van der Waals surface area contributed by atoms with E-state index in [1.165, 1.54) is 43.4 Å². The Kier molecular flexibility index (Phi) is 5.29. The highest BCUT2D eigenvalue weighted by molar-refractivity contribution is 8.13. The van der Waals surface area contributed by atoms with E-state index in [4.69, 9.17) is 10.5 Å². The van der Waals surface area contributed by atoms with Gasteiger partial charge in [-0.3, -0.25) is 9.79 Å². The largest absolute Gasteiger partial charge is 0.480 e. The monoisotopic (exact) mass is 403 g/mol. The summed E-state index contributed by atoms with van der Waals surface area (Å²) in [6.07, 6.45) is 2.66. The minimum absolute atomic E-state index is 0.120. The second-order valence-electron chi connectivity index (χ2n) is 7.29. The number of hydrogen-bond donors (Lipinski definition) is 2. The van der Waals surface area contributed by atoms with E-state index in [9.17, 15) is 9.18 Å². The summed E-state index contributed by atoms with van der Waals surface area (Å²) in [5, 5.41) is 3.14. The number of benzene rings is 1. The van der Waals surface area contributed by atoms with Crippen LogP contribution in [-0.2, 0) is 5.54 Å². The topological polar surface area (TPSA) is 102 Å². The molecule has 3 N–H and O–H groups in total. The van der Waals surface area contributed by atoms with Crippen molar-refractivity contribution in [1.82, 2.24) is 9.97 Å². The fourth-order valence-corrected chi connectivity index (χ4v) is 3.97. The zero-order valence-electron chi connectivity index (χ0n) is 16.1. The average molecular weight is 403 g/mol. The molecule has 0 saturated carbocycles. The molecule has 1 aliphatic heterocycles. The Morgan fingerprint density at radius 2 is 2.04 bits per heavy atom. The molecule has 2 aromatic rings. The van der Waals surface area contributed by atoms with Crippen LogP contribution in [-0.4, -0.2) is 33.9 Å². The zero-order chi connectivity index (χ0) is 20.5. The highest BCUT2D eigenvalue weighted by Gasteiger charge is 2.46. The third-order valence-electron chi connectivity index (χ3n) is 5.05. The van der Waals surface area contributed by atoms with E-state index < -0.39 is 17.3 Å². The van der Waals surface area contributed by atoms with Gasteiger partial charge in [-0.15, -0.1) is 0 Å². The zero-order valence-corrected chi connectivity index (χ0v) is 16.9. The van der Waals surface area contributed by atoms with Gasteiger partial charge in [-0.2, -0.15) is 0 Å². The number of halogens is 1. The number of aromatic nitrogens is 2. The van der Waals surface area contributed by atoms with Gasteiger partial charge in [0.15, 0.2) is 5.17 Å². The number of nitrogens with one attached hydrogen (secondary N) is 1. The number of hydrogen-bond acceptors (Lipinski definition) is 7. The number of ether oxygens (including phenoxy) is 1. The number of thioether (sulfide) groups is 1. The minimum Gasteiger partial charge on any atom is -0.480 e. The fourth-order valence-electron chi connectivity index (χ4n) is 2.93. The van der Waals surface area contributed by atoms with Gasteiger partial charge in [0.1, 0.15) is 11.5 Å². The molecule has 148 valence electrons. The smallest absolute Gasteiger partial charge is 0.275 e. The second kappa shape index (κ2) is 7.38.